The second kappa shape index (κ2) is 13.2. The molecule has 2 aromatic rings. The zero-order chi connectivity index (χ0) is 21.2. The second-order valence-electron chi connectivity index (χ2n) is 7.76. The van der Waals surface area contributed by atoms with E-state index in [2.05, 4.69) is 63.2 Å². The van der Waals surface area contributed by atoms with Crippen molar-refractivity contribution in [3.05, 3.63) is 64.9 Å². The molecule has 6 nitrogen and oxygen atoms in total. The van der Waals surface area contributed by atoms with Crippen molar-refractivity contribution < 1.29 is 4.74 Å². The molecule has 31 heavy (non-hydrogen) atoms. The number of ether oxygens (including phenoxy) is 1. The molecule has 170 valence electrons. The third kappa shape index (κ3) is 8.21. The van der Waals surface area contributed by atoms with Gasteiger partial charge in [-0.3, -0.25) is 4.99 Å². The van der Waals surface area contributed by atoms with Crippen LogP contribution < -0.4 is 16.0 Å². The number of hydrogen-bond donors (Lipinski definition) is 3. The van der Waals surface area contributed by atoms with Crippen LogP contribution in [-0.2, 0) is 11.2 Å². The number of aromatic nitrogens is 1. The average molecular weight is 558 g/mol. The van der Waals surface area contributed by atoms with Crippen LogP contribution in [0.2, 0.25) is 5.15 Å². The van der Waals surface area contributed by atoms with Gasteiger partial charge < -0.3 is 20.7 Å². The Morgan fingerprint density at radius 2 is 1.90 bits per heavy atom. The van der Waals surface area contributed by atoms with E-state index in [1.165, 1.54) is 5.56 Å². The van der Waals surface area contributed by atoms with Gasteiger partial charge in [0.25, 0.3) is 0 Å². The molecule has 0 saturated carbocycles. The van der Waals surface area contributed by atoms with Crippen LogP contribution in [0.4, 0.5) is 0 Å². The quantitative estimate of drug-likeness (QED) is 0.198. The average Bonchev–Trinajstić information content (AvgIpc) is 2.78. The third-order valence-electron chi connectivity index (χ3n) is 5.58. The minimum absolute atomic E-state index is 0. The molecule has 0 bridgehead atoms. The fourth-order valence-corrected chi connectivity index (χ4v) is 3.88. The van der Waals surface area contributed by atoms with Gasteiger partial charge in [0, 0.05) is 51.1 Å². The lowest BCUT2D eigenvalue weighted by Crippen LogP contribution is -2.58. The van der Waals surface area contributed by atoms with Gasteiger partial charge in [-0.25, -0.2) is 4.98 Å². The van der Waals surface area contributed by atoms with Gasteiger partial charge in [-0.2, -0.15) is 0 Å². The molecule has 3 N–H and O–H groups in total. The molecule has 2 heterocycles. The first-order valence-electron chi connectivity index (χ1n) is 10.6. The summed E-state index contributed by atoms with van der Waals surface area (Å²) in [6.07, 6.45) is 4.59. The number of aliphatic imine (C=N–C) groups is 1. The molecule has 1 aliphatic rings. The van der Waals surface area contributed by atoms with Crippen molar-refractivity contribution in [2.24, 2.45) is 4.99 Å². The normalized spacial score (nSPS) is 16.8. The molecule has 0 spiro atoms. The highest BCUT2D eigenvalue weighted by Crippen LogP contribution is 2.25. The molecular weight excluding hydrogens is 525 g/mol. The first kappa shape index (κ1) is 25.8. The van der Waals surface area contributed by atoms with E-state index in [-0.39, 0.29) is 35.6 Å². The van der Waals surface area contributed by atoms with E-state index < -0.39 is 0 Å². The van der Waals surface area contributed by atoms with Gasteiger partial charge in [-0.15, -0.1) is 24.0 Å². The van der Waals surface area contributed by atoms with Gasteiger partial charge in [-0.1, -0.05) is 48.0 Å². The van der Waals surface area contributed by atoms with Crippen LogP contribution in [0.5, 0.6) is 0 Å². The molecule has 1 unspecified atom stereocenters. The van der Waals surface area contributed by atoms with Crippen molar-refractivity contribution in [3.63, 3.8) is 0 Å². The fourth-order valence-electron chi connectivity index (χ4n) is 3.77. The fraction of sp³-hybridized carbons (Fsp3) is 0.478. The Hall–Kier alpha value is -1.42. The molecule has 1 aliphatic heterocycles. The summed E-state index contributed by atoms with van der Waals surface area (Å²) in [7, 11) is 1.80. The minimum Gasteiger partial charge on any atom is -0.381 e. The highest BCUT2D eigenvalue weighted by Gasteiger charge is 2.34. The van der Waals surface area contributed by atoms with Crippen LogP contribution >= 0.6 is 35.6 Å². The molecule has 1 atom stereocenters. The summed E-state index contributed by atoms with van der Waals surface area (Å²) in [5, 5.41) is 11.3. The Bertz CT molecular complexity index is 797. The summed E-state index contributed by atoms with van der Waals surface area (Å²) in [6, 6.07) is 14.6. The minimum atomic E-state index is -0.0365. The largest absolute Gasteiger partial charge is 0.381 e. The Balaban J connectivity index is 0.00000341. The van der Waals surface area contributed by atoms with Crippen LogP contribution in [0.25, 0.3) is 0 Å². The van der Waals surface area contributed by atoms with Gasteiger partial charge in [0.15, 0.2) is 5.96 Å². The smallest absolute Gasteiger partial charge is 0.191 e. The maximum Gasteiger partial charge on any atom is 0.191 e. The van der Waals surface area contributed by atoms with Gasteiger partial charge in [0.2, 0.25) is 0 Å². The molecule has 8 heteroatoms. The zero-order valence-corrected chi connectivity index (χ0v) is 21.3. The number of pyridine rings is 1. The zero-order valence-electron chi connectivity index (χ0n) is 18.2. The van der Waals surface area contributed by atoms with Gasteiger partial charge >= 0.3 is 0 Å². The molecule has 0 radical (unpaired) electrons. The standard InChI is InChI=1S/C23H32ClN5O.HI/c1-18(20-6-4-3-5-7-20)29-23(11-14-30-15-12-23)17-28-22(25-2)26-13-10-19-8-9-21(24)27-16-19;/h3-9,16,18,29H,10-15,17H2,1-2H3,(H2,25,26,28);1H. The number of halogens is 2. The summed E-state index contributed by atoms with van der Waals surface area (Å²) in [6.45, 7) is 5.32. The maximum absolute atomic E-state index is 5.85. The van der Waals surface area contributed by atoms with Gasteiger partial charge in [-0.05, 0) is 43.4 Å². The molecule has 1 fully saturated rings. The van der Waals surface area contributed by atoms with Crippen LogP contribution in [0, 0.1) is 0 Å². The SMILES string of the molecule is CN=C(NCCc1ccc(Cl)nc1)NCC1(NC(C)c2ccccc2)CCOCC1.I. The maximum atomic E-state index is 5.85. The van der Waals surface area contributed by atoms with Crippen molar-refractivity contribution in [1.29, 1.82) is 0 Å². The van der Waals surface area contributed by atoms with Gasteiger partial charge in [0.05, 0.1) is 0 Å². The van der Waals surface area contributed by atoms with Crippen molar-refractivity contribution in [1.82, 2.24) is 20.9 Å². The summed E-state index contributed by atoms with van der Waals surface area (Å²) in [4.78, 5) is 8.51. The number of nitrogens with one attached hydrogen (secondary N) is 3. The first-order chi connectivity index (χ1) is 14.6. The summed E-state index contributed by atoms with van der Waals surface area (Å²) in [5.41, 5.74) is 2.40. The second-order valence-corrected chi connectivity index (χ2v) is 8.15. The third-order valence-corrected chi connectivity index (χ3v) is 5.81. The van der Waals surface area contributed by atoms with Crippen LogP contribution in [0.1, 0.15) is 36.9 Å². The summed E-state index contributed by atoms with van der Waals surface area (Å²) >= 11 is 5.85. The molecule has 1 aromatic heterocycles. The van der Waals surface area contributed by atoms with E-state index in [1.54, 1.807) is 7.05 Å². The van der Waals surface area contributed by atoms with E-state index >= 15 is 0 Å². The first-order valence-corrected chi connectivity index (χ1v) is 10.9. The predicted octanol–water partition coefficient (Wildman–Crippen LogP) is 3.96. The van der Waals surface area contributed by atoms with E-state index in [4.69, 9.17) is 16.3 Å². The number of guanidine groups is 1. The molecule has 3 rings (SSSR count). The lowest BCUT2D eigenvalue weighted by Gasteiger charge is -2.41. The van der Waals surface area contributed by atoms with Crippen molar-refractivity contribution >= 4 is 41.5 Å². The monoisotopic (exact) mass is 557 g/mol. The van der Waals surface area contributed by atoms with Crippen molar-refractivity contribution in [2.75, 3.05) is 33.4 Å². The lowest BCUT2D eigenvalue weighted by molar-refractivity contribution is 0.0355. The molecule has 0 aliphatic carbocycles. The van der Waals surface area contributed by atoms with Crippen molar-refractivity contribution in [2.45, 2.75) is 37.8 Å². The number of nitrogens with zero attached hydrogens (tertiary/aromatic N) is 2. The number of benzene rings is 1. The molecular formula is C23H33ClIN5O. The van der Waals surface area contributed by atoms with Gasteiger partial charge in [0.1, 0.15) is 5.15 Å². The highest BCUT2D eigenvalue weighted by atomic mass is 127. The Morgan fingerprint density at radius 3 is 2.55 bits per heavy atom. The number of rotatable bonds is 8. The molecule has 1 saturated heterocycles. The lowest BCUT2D eigenvalue weighted by atomic mass is 9.88. The highest BCUT2D eigenvalue weighted by molar-refractivity contribution is 14.0. The van der Waals surface area contributed by atoms with E-state index in [9.17, 15) is 0 Å². The Kier molecular flexibility index (Phi) is 11.0. The Labute approximate surface area is 207 Å². The van der Waals surface area contributed by atoms with Crippen molar-refractivity contribution in [3.8, 4) is 0 Å². The van der Waals surface area contributed by atoms with Crippen LogP contribution in [0.15, 0.2) is 53.7 Å². The number of hydrogen-bond acceptors (Lipinski definition) is 4. The van der Waals surface area contributed by atoms with E-state index in [1.807, 2.05) is 18.3 Å². The van der Waals surface area contributed by atoms with Crippen LogP contribution in [-0.4, -0.2) is 49.8 Å². The summed E-state index contributed by atoms with van der Waals surface area (Å²) < 4.78 is 5.64. The Morgan fingerprint density at radius 1 is 1.16 bits per heavy atom. The predicted molar refractivity (Wildman–Crippen MR) is 139 cm³/mol. The van der Waals surface area contributed by atoms with E-state index in [0.29, 0.717) is 5.15 Å². The van der Waals surface area contributed by atoms with E-state index in [0.717, 1.165) is 57.1 Å². The molecule has 0 amide bonds. The topological polar surface area (TPSA) is 70.6 Å². The summed E-state index contributed by atoms with van der Waals surface area (Å²) in [5.74, 6) is 0.803. The molecule has 1 aromatic carbocycles. The van der Waals surface area contributed by atoms with Crippen LogP contribution in [0.3, 0.4) is 0 Å².